The van der Waals surface area contributed by atoms with Gasteiger partial charge in [0.1, 0.15) is 4.88 Å². The van der Waals surface area contributed by atoms with Gasteiger partial charge in [0.2, 0.25) is 5.91 Å². The predicted octanol–water partition coefficient (Wildman–Crippen LogP) is 3.03. The van der Waals surface area contributed by atoms with Crippen molar-refractivity contribution in [1.82, 2.24) is 9.59 Å². The molecule has 0 atom stereocenters. The highest BCUT2D eigenvalue weighted by Crippen LogP contribution is 2.34. The fraction of sp³-hybridized carbons (Fsp3) is 0.412. The van der Waals surface area contributed by atoms with Crippen LogP contribution in [0.5, 0.6) is 0 Å². The van der Waals surface area contributed by atoms with E-state index in [2.05, 4.69) is 14.9 Å². The maximum Gasteiger partial charge on any atom is 0.269 e. The highest BCUT2D eigenvalue weighted by Gasteiger charge is 2.32. The second kappa shape index (κ2) is 5.98. The number of fused-ring (bicyclic) bond motifs is 1. The molecule has 1 aliphatic heterocycles. The molecule has 0 unspecified atom stereocenters. The minimum absolute atomic E-state index is 0.0900. The van der Waals surface area contributed by atoms with Crippen LogP contribution in [-0.4, -0.2) is 27.9 Å². The number of nitrogens with zero attached hydrogens (tertiary/aromatic N) is 3. The van der Waals surface area contributed by atoms with Crippen molar-refractivity contribution in [3.8, 4) is 0 Å². The molecule has 0 spiro atoms. The number of hydrogen-bond acceptors (Lipinski definition) is 5. The zero-order chi connectivity index (χ0) is 17.5. The molecule has 1 aliphatic rings. The van der Waals surface area contributed by atoms with Gasteiger partial charge in [0.25, 0.3) is 5.91 Å². The van der Waals surface area contributed by atoms with Crippen LogP contribution in [0, 0.1) is 12.3 Å². The van der Waals surface area contributed by atoms with Crippen LogP contribution in [0.4, 0.5) is 11.4 Å². The van der Waals surface area contributed by atoms with Gasteiger partial charge < -0.3 is 10.2 Å². The Kier molecular flexibility index (Phi) is 4.13. The molecule has 0 saturated carbocycles. The van der Waals surface area contributed by atoms with Crippen molar-refractivity contribution in [2.24, 2.45) is 5.41 Å². The molecule has 0 aliphatic carbocycles. The summed E-state index contributed by atoms with van der Waals surface area (Å²) in [5, 5.41) is 6.72. The minimum Gasteiger partial charge on any atom is -0.321 e. The first-order valence-corrected chi connectivity index (χ1v) is 8.60. The second-order valence-electron chi connectivity index (χ2n) is 6.94. The summed E-state index contributed by atoms with van der Waals surface area (Å²) in [6.45, 7) is 8.18. The molecule has 2 aromatic rings. The summed E-state index contributed by atoms with van der Waals surface area (Å²) in [5.74, 6) is -0.138. The molecule has 0 saturated heterocycles. The van der Waals surface area contributed by atoms with E-state index >= 15 is 0 Å². The fourth-order valence-electron chi connectivity index (χ4n) is 2.70. The maximum atomic E-state index is 12.6. The smallest absolute Gasteiger partial charge is 0.269 e. The molecular formula is C17H20N4O2S. The van der Waals surface area contributed by atoms with Crippen LogP contribution < -0.4 is 10.2 Å². The van der Waals surface area contributed by atoms with Crippen molar-refractivity contribution < 1.29 is 9.59 Å². The van der Waals surface area contributed by atoms with Crippen LogP contribution >= 0.6 is 11.5 Å². The number of benzene rings is 1. The monoisotopic (exact) mass is 344 g/mol. The lowest BCUT2D eigenvalue weighted by molar-refractivity contribution is -0.125. The Labute approximate surface area is 145 Å². The third-order valence-electron chi connectivity index (χ3n) is 3.98. The average molecular weight is 344 g/mol. The van der Waals surface area contributed by atoms with E-state index in [4.69, 9.17) is 0 Å². The molecule has 24 heavy (non-hydrogen) atoms. The van der Waals surface area contributed by atoms with Gasteiger partial charge in [0.05, 0.1) is 5.69 Å². The first kappa shape index (κ1) is 16.6. The number of carbonyl (C=O) groups is 2. The summed E-state index contributed by atoms with van der Waals surface area (Å²) in [4.78, 5) is 27.2. The first-order valence-electron chi connectivity index (χ1n) is 7.82. The van der Waals surface area contributed by atoms with E-state index in [-0.39, 0.29) is 11.8 Å². The molecule has 2 heterocycles. The minimum atomic E-state index is -0.438. The lowest BCUT2D eigenvalue weighted by Gasteiger charge is -2.26. The lowest BCUT2D eigenvalue weighted by Crippen LogP contribution is -2.38. The SMILES string of the molecule is Cc1nnsc1C(=O)Nc1ccc2c(c1)N(C(=O)C(C)(C)C)CC2. The van der Waals surface area contributed by atoms with Crippen molar-refractivity contribution >= 4 is 34.7 Å². The maximum absolute atomic E-state index is 12.6. The number of hydrogen-bond donors (Lipinski definition) is 1. The number of rotatable bonds is 2. The number of nitrogens with one attached hydrogen (secondary N) is 1. The van der Waals surface area contributed by atoms with Crippen LogP contribution in [0.1, 0.15) is 41.7 Å². The Morgan fingerprint density at radius 1 is 1.29 bits per heavy atom. The second-order valence-corrected chi connectivity index (χ2v) is 7.70. The molecular weight excluding hydrogens is 324 g/mol. The molecule has 3 rings (SSSR count). The van der Waals surface area contributed by atoms with Gasteiger partial charge in [0, 0.05) is 23.3 Å². The molecule has 1 N–H and O–H groups in total. The summed E-state index contributed by atoms with van der Waals surface area (Å²) in [5.41, 5.74) is 2.85. The van der Waals surface area contributed by atoms with Crippen LogP contribution in [0.3, 0.4) is 0 Å². The van der Waals surface area contributed by atoms with E-state index < -0.39 is 5.41 Å². The van der Waals surface area contributed by atoms with Crippen molar-refractivity contribution in [3.05, 3.63) is 34.3 Å². The van der Waals surface area contributed by atoms with Gasteiger partial charge in [-0.05, 0) is 42.6 Å². The van der Waals surface area contributed by atoms with Crippen molar-refractivity contribution in [1.29, 1.82) is 0 Å². The molecule has 7 heteroatoms. The van der Waals surface area contributed by atoms with E-state index in [1.807, 2.05) is 43.9 Å². The summed E-state index contributed by atoms with van der Waals surface area (Å²) in [6.07, 6.45) is 0.837. The van der Waals surface area contributed by atoms with E-state index in [0.29, 0.717) is 22.8 Å². The highest BCUT2D eigenvalue weighted by atomic mass is 32.1. The molecule has 0 fully saturated rings. The van der Waals surface area contributed by atoms with Crippen LogP contribution in [-0.2, 0) is 11.2 Å². The molecule has 0 radical (unpaired) electrons. The predicted molar refractivity (Wildman–Crippen MR) is 94.6 cm³/mol. The standard InChI is InChI=1S/C17H20N4O2S/c1-10-14(24-20-19-10)15(22)18-12-6-5-11-7-8-21(13(11)9-12)16(23)17(2,3)4/h5-6,9H,7-8H2,1-4H3,(H,18,22). The largest absolute Gasteiger partial charge is 0.321 e. The molecule has 0 bridgehead atoms. The molecule has 1 aromatic heterocycles. The number of aromatic nitrogens is 2. The number of amides is 2. The van der Waals surface area contributed by atoms with Gasteiger partial charge in [-0.15, -0.1) is 5.10 Å². The Morgan fingerprint density at radius 2 is 2.04 bits per heavy atom. The Balaban J connectivity index is 1.85. The summed E-state index contributed by atoms with van der Waals surface area (Å²) in [6, 6.07) is 5.71. The zero-order valence-corrected chi connectivity index (χ0v) is 15.0. The quantitative estimate of drug-likeness (QED) is 0.908. The third-order valence-corrected chi connectivity index (χ3v) is 4.81. The number of aryl methyl sites for hydroxylation is 1. The van der Waals surface area contributed by atoms with Gasteiger partial charge in [-0.25, -0.2) is 0 Å². The Hall–Kier alpha value is -2.28. The van der Waals surface area contributed by atoms with E-state index in [0.717, 1.165) is 29.2 Å². The van der Waals surface area contributed by atoms with Crippen molar-refractivity contribution in [3.63, 3.8) is 0 Å². The Bertz CT molecular complexity index is 807. The van der Waals surface area contributed by atoms with Crippen LogP contribution in [0.2, 0.25) is 0 Å². The zero-order valence-electron chi connectivity index (χ0n) is 14.2. The number of carbonyl (C=O) groups excluding carboxylic acids is 2. The average Bonchev–Trinajstić information content (AvgIpc) is 3.11. The molecule has 6 nitrogen and oxygen atoms in total. The summed E-state index contributed by atoms with van der Waals surface area (Å²) >= 11 is 1.07. The van der Waals surface area contributed by atoms with Crippen molar-refractivity contribution in [2.45, 2.75) is 34.1 Å². The van der Waals surface area contributed by atoms with Gasteiger partial charge in [-0.2, -0.15) is 0 Å². The van der Waals surface area contributed by atoms with Crippen LogP contribution in [0.15, 0.2) is 18.2 Å². The van der Waals surface area contributed by atoms with E-state index in [1.54, 1.807) is 6.92 Å². The first-order chi connectivity index (χ1) is 11.3. The summed E-state index contributed by atoms with van der Waals surface area (Å²) in [7, 11) is 0. The van der Waals surface area contributed by atoms with Gasteiger partial charge in [-0.1, -0.05) is 31.3 Å². The topological polar surface area (TPSA) is 75.2 Å². The highest BCUT2D eigenvalue weighted by molar-refractivity contribution is 7.08. The van der Waals surface area contributed by atoms with Crippen LogP contribution in [0.25, 0.3) is 0 Å². The number of anilines is 2. The van der Waals surface area contributed by atoms with E-state index in [9.17, 15) is 9.59 Å². The molecule has 126 valence electrons. The van der Waals surface area contributed by atoms with Gasteiger partial charge in [-0.3, -0.25) is 9.59 Å². The van der Waals surface area contributed by atoms with Crippen molar-refractivity contribution in [2.75, 3.05) is 16.8 Å². The third kappa shape index (κ3) is 3.03. The lowest BCUT2D eigenvalue weighted by atomic mass is 9.94. The van der Waals surface area contributed by atoms with Gasteiger partial charge in [0.15, 0.2) is 0 Å². The Morgan fingerprint density at radius 3 is 2.67 bits per heavy atom. The normalized spacial score (nSPS) is 13.8. The molecule has 2 amide bonds. The molecule has 1 aromatic carbocycles. The van der Waals surface area contributed by atoms with E-state index in [1.165, 1.54) is 0 Å². The van der Waals surface area contributed by atoms with Gasteiger partial charge >= 0.3 is 0 Å². The fourth-order valence-corrected chi connectivity index (χ4v) is 3.25. The summed E-state index contributed by atoms with van der Waals surface area (Å²) < 4.78 is 3.78.